The van der Waals surface area contributed by atoms with Crippen LogP contribution in [0, 0.1) is 13.8 Å². The summed E-state index contributed by atoms with van der Waals surface area (Å²) in [7, 11) is 0. The Labute approximate surface area is 130 Å². The maximum Gasteiger partial charge on any atom is 0.0468 e. The van der Waals surface area contributed by atoms with Gasteiger partial charge in [0.05, 0.1) is 0 Å². The Kier molecular flexibility index (Phi) is 5.09. The number of rotatable bonds is 4. The summed E-state index contributed by atoms with van der Waals surface area (Å²) in [6.07, 6.45) is 0. The van der Waals surface area contributed by atoms with Crippen LogP contribution in [0.4, 0.5) is 0 Å². The van der Waals surface area contributed by atoms with Gasteiger partial charge in [-0.3, -0.25) is 0 Å². The normalized spacial score (nSPS) is 12.4. The zero-order valence-electron chi connectivity index (χ0n) is 12.0. The second-order valence-corrected chi connectivity index (χ2v) is 5.98. The molecule has 0 aromatic heterocycles. The van der Waals surface area contributed by atoms with E-state index in [0.717, 1.165) is 12.1 Å². The van der Waals surface area contributed by atoms with E-state index in [1.807, 2.05) is 12.1 Å². The minimum Gasteiger partial charge on any atom is -0.306 e. The van der Waals surface area contributed by atoms with E-state index in [1.54, 1.807) is 6.07 Å². The van der Waals surface area contributed by atoms with E-state index in [9.17, 15) is 0 Å². The summed E-state index contributed by atoms with van der Waals surface area (Å²) >= 11 is 12.2. The van der Waals surface area contributed by atoms with Crippen molar-refractivity contribution < 1.29 is 0 Å². The van der Waals surface area contributed by atoms with Crippen molar-refractivity contribution in [3.05, 3.63) is 68.7 Å². The highest BCUT2D eigenvalue weighted by Gasteiger charge is 2.11. The molecule has 2 aromatic carbocycles. The highest BCUT2D eigenvalue weighted by Crippen LogP contribution is 2.26. The predicted molar refractivity (Wildman–Crippen MR) is 87.6 cm³/mol. The smallest absolute Gasteiger partial charge is 0.0468 e. The highest BCUT2D eigenvalue weighted by atomic mass is 35.5. The van der Waals surface area contributed by atoms with Crippen molar-refractivity contribution in [3.63, 3.8) is 0 Å². The van der Waals surface area contributed by atoms with Crippen LogP contribution in [-0.2, 0) is 6.54 Å². The lowest BCUT2D eigenvalue weighted by atomic mass is 10.0. The Hall–Kier alpha value is -1.02. The first-order chi connectivity index (χ1) is 9.49. The number of halogens is 2. The van der Waals surface area contributed by atoms with E-state index in [0.29, 0.717) is 10.0 Å². The summed E-state index contributed by atoms with van der Waals surface area (Å²) in [5.41, 5.74) is 5.05. The molecular formula is C17H19Cl2N. The van der Waals surface area contributed by atoms with Crippen molar-refractivity contribution in [1.82, 2.24) is 5.32 Å². The molecule has 0 heterocycles. The molecule has 3 heteroatoms. The van der Waals surface area contributed by atoms with Crippen LogP contribution in [0.2, 0.25) is 10.0 Å². The number of benzene rings is 2. The molecule has 20 heavy (non-hydrogen) atoms. The molecule has 0 saturated heterocycles. The third-order valence-corrected chi connectivity index (χ3v) is 4.22. The Bertz CT molecular complexity index is 588. The van der Waals surface area contributed by atoms with Gasteiger partial charge in [0.25, 0.3) is 0 Å². The Morgan fingerprint density at radius 3 is 2.30 bits per heavy atom. The zero-order valence-corrected chi connectivity index (χ0v) is 13.5. The molecule has 0 saturated carbocycles. The molecule has 106 valence electrons. The largest absolute Gasteiger partial charge is 0.306 e. The average molecular weight is 308 g/mol. The van der Waals surface area contributed by atoms with E-state index >= 15 is 0 Å². The van der Waals surface area contributed by atoms with Crippen molar-refractivity contribution >= 4 is 23.2 Å². The molecule has 2 aromatic rings. The monoisotopic (exact) mass is 307 g/mol. The van der Waals surface area contributed by atoms with Crippen LogP contribution in [0.5, 0.6) is 0 Å². The van der Waals surface area contributed by atoms with Crippen molar-refractivity contribution in [2.45, 2.75) is 33.4 Å². The lowest BCUT2D eigenvalue weighted by Crippen LogP contribution is -2.19. The van der Waals surface area contributed by atoms with Crippen molar-refractivity contribution in [3.8, 4) is 0 Å². The predicted octanol–water partition coefficient (Wildman–Crippen LogP) is 5.46. The van der Waals surface area contributed by atoms with Crippen LogP contribution >= 0.6 is 23.2 Å². The van der Waals surface area contributed by atoms with E-state index in [2.05, 4.69) is 44.3 Å². The number of nitrogens with one attached hydrogen (secondary N) is 1. The summed E-state index contributed by atoms with van der Waals surface area (Å²) in [4.78, 5) is 0. The van der Waals surface area contributed by atoms with Crippen LogP contribution in [0.1, 0.15) is 35.2 Å². The molecule has 0 amide bonds. The van der Waals surface area contributed by atoms with E-state index in [1.165, 1.54) is 16.7 Å². The third kappa shape index (κ3) is 3.54. The molecule has 0 bridgehead atoms. The van der Waals surface area contributed by atoms with Crippen molar-refractivity contribution in [2.75, 3.05) is 0 Å². The minimum absolute atomic E-state index is 0.179. The third-order valence-electron chi connectivity index (χ3n) is 3.66. The first kappa shape index (κ1) is 15.4. The molecule has 0 aliphatic heterocycles. The molecular weight excluding hydrogens is 289 g/mol. The van der Waals surface area contributed by atoms with Gasteiger partial charge in [-0.2, -0.15) is 0 Å². The van der Waals surface area contributed by atoms with Gasteiger partial charge in [0.1, 0.15) is 0 Å². The lowest BCUT2D eigenvalue weighted by Gasteiger charge is -2.18. The molecule has 1 unspecified atom stereocenters. The molecule has 1 nitrogen and oxygen atoms in total. The number of hydrogen-bond donors (Lipinski definition) is 1. The van der Waals surface area contributed by atoms with Gasteiger partial charge in [0, 0.05) is 22.6 Å². The standard InChI is InChI=1S/C17H19Cl2N/c1-11-5-4-6-12(2)16(11)10-20-13(3)15-8-7-14(18)9-17(15)19/h4-9,13,20H,10H2,1-3H3. The zero-order chi connectivity index (χ0) is 14.7. The van der Waals surface area contributed by atoms with Crippen LogP contribution in [-0.4, -0.2) is 0 Å². The lowest BCUT2D eigenvalue weighted by molar-refractivity contribution is 0.572. The fourth-order valence-electron chi connectivity index (χ4n) is 2.35. The van der Waals surface area contributed by atoms with Gasteiger partial charge in [-0.1, -0.05) is 47.5 Å². The fraction of sp³-hybridized carbons (Fsp3) is 0.294. The molecule has 0 aliphatic rings. The fourth-order valence-corrected chi connectivity index (χ4v) is 2.92. The average Bonchev–Trinajstić information content (AvgIpc) is 2.37. The van der Waals surface area contributed by atoms with E-state index in [4.69, 9.17) is 23.2 Å². The number of hydrogen-bond acceptors (Lipinski definition) is 1. The summed E-state index contributed by atoms with van der Waals surface area (Å²) in [6.45, 7) is 7.23. The maximum atomic E-state index is 6.24. The molecule has 1 N–H and O–H groups in total. The van der Waals surface area contributed by atoms with Gasteiger partial charge in [-0.05, 0) is 55.2 Å². The summed E-state index contributed by atoms with van der Waals surface area (Å²) in [6, 6.07) is 12.2. The van der Waals surface area contributed by atoms with Crippen molar-refractivity contribution in [1.29, 1.82) is 0 Å². The van der Waals surface area contributed by atoms with E-state index in [-0.39, 0.29) is 6.04 Å². The van der Waals surface area contributed by atoms with Gasteiger partial charge >= 0.3 is 0 Å². The molecule has 0 radical (unpaired) electrons. The van der Waals surface area contributed by atoms with Gasteiger partial charge in [0.2, 0.25) is 0 Å². The first-order valence-electron chi connectivity index (χ1n) is 6.72. The van der Waals surface area contributed by atoms with Gasteiger partial charge in [-0.25, -0.2) is 0 Å². The molecule has 2 rings (SSSR count). The Balaban J connectivity index is 2.11. The van der Waals surface area contributed by atoms with Gasteiger partial charge in [-0.15, -0.1) is 0 Å². The summed E-state index contributed by atoms with van der Waals surface area (Å²) in [5.74, 6) is 0. The van der Waals surface area contributed by atoms with Crippen LogP contribution in [0.15, 0.2) is 36.4 Å². The van der Waals surface area contributed by atoms with Gasteiger partial charge < -0.3 is 5.32 Å². The maximum absolute atomic E-state index is 6.24. The summed E-state index contributed by atoms with van der Waals surface area (Å²) < 4.78 is 0. The number of aryl methyl sites for hydroxylation is 2. The topological polar surface area (TPSA) is 12.0 Å². The van der Waals surface area contributed by atoms with Crippen LogP contribution in [0.3, 0.4) is 0 Å². The Morgan fingerprint density at radius 1 is 1.05 bits per heavy atom. The molecule has 1 atom stereocenters. The van der Waals surface area contributed by atoms with Crippen molar-refractivity contribution in [2.24, 2.45) is 0 Å². The minimum atomic E-state index is 0.179. The SMILES string of the molecule is Cc1cccc(C)c1CNC(C)c1ccc(Cl)cc1Cl. The van der Waals surface area contributed by atoms with Gasteiger partial charge in [0.15, 0.2) is 0 Å². The molecule has 0 aliphatic carbocycles. The van der Waals surface area contributed by atoms with Crippen LogP contribution < -0.4 is 5.32 Å². The van der Waals surface area contributed by atoms with Crippen LogP contribution in [0.25, 0.3) is 0 Å². The first-order valence-corrected chi connectivity index (χ1v) is 7.48. The van der Waals surface area contributed by atoms with E-state index < -0.39 is 0 Å². The Morgan fingerprint density at radius 2 is 1.70 bits per heavy atom. The summed E-state index contributed by atoms with van der Waals surface area (Å²) in [5, 5.41) is 4.90. The second kappa shape index (κ2) is 6.62. The molecule has 0 spiro atoms. The quantitative estimate of drug-likeness (QED) is 0.790. The molecule has 0 fully saturated rings. The second-order valence-electron chi connectivity index (χ2n) is 5.14. The highest BCUT2D eigenvalue weighted by molar-refractivity contribution is 6.35.